The lowest BCUT2D eigenvalue weighted by molar-refractivity contribution is -0.991. The molecule has 1 aromatic carbocycles. The standard InChI is InChI=1S/C19H27NO5/c1-13-9-11-19(4,18(13,2)3)16(21)10-12-25-17(22)14-5-7-15(8-6-14)20(23)24/h5-8,13,20,23H,9-12H2,1-4H3/t13-,19-/m0/s1. The van der Waals surface area contributed by atoms with Gasteiger partial charge >= 0.3 is 5.97 Å². The van der Waals surface area contributed by atoms with Crippen molar-refractivity contribution in [2.45, 2.75) is 47.0 Å². The molecule has 0 amide bonds. The summed E-state index contributed by atoms with van der Waals surface area (Å²) < 4.78 is 5.19. The number of ketones is 1. The molecule has 0 aliphatic heterocycles. The highest BCUT2D eigenvalue weighted by molar-refractivity contribution is 5.90. The van der Waals surface area contributed by atoms with Gasteiger partial charge in [-0.1, -0.05) is 27.7 Å². The number of carbonyl (C=O) groups is 2. The highest BCUT2D eigenvalue weighted by atomic mass is 16.8. The van der Waals surface area contributed by atoms with Crippen LogP contribution in [0.1, 0.15) is 57.3 Å². The first-order valence-corrected chi connectivity index (χ1v) is 8.63. The zero-order valence-corrected chi connectivity index (χ0v) is 15.3. The van der Waals surface area contributed by atoms with Gasteiger partial charge in [-0.2, -0.15) is 5.23 Å². The summed E-state index contributed by atoms with van der Waals surface area (Å²) in [7, 11) is 0. The van der Waals surface area contributed by atoms with E-state index in [-0.39, 0.29) is 40.9 Å². The highest BCUT2D eigenvalue weighted by Gasteiger charge is 2.53. The minimum atomic E-state index is -1.05. The van der Waals surface area contributed by atoms with E-state index in [1.807, 2.05) is 6.92 Å². The van der Waals surface area contributed by atoms with E-state index in [1.165, 1.54) is 24.3 Å². The van der Waals surface area contributed by atoms with Gasteiger partial charge in [0.15, 0.2) is 5.69 Å². The molecule has 1 unspecified atom stereocenters. The van der Waals surface area contributed by atoms with Gasteiger partial charge in [-0.05, 0) is 36.3 Å². The van der Waals surface area contributed by atoms with Crippen LogP contribution >= 0.6 is 0 Å². The number of hydrogen-bond donors (Lipinski definition) is 2. The van der Waals surface area contributed by atoms with Crippen LogP contribution in [0.3, 0.4) is 0 Å². The number of rotatable bonds is 6. The van der Waals surface area contributed by atoms with Crippen LogP contribution in [-0.4, -0.2) is 23.6 Å². The van der Waals surface area contributed by atoms with E-state index in [1.54, 1.807) is 0 Å². The van der Waals surface area contributed by atoms with Crippen molar-refractivity contribution < 1.29 is 24.8 Å². The first-order chi connectivity index (χ1) is 11.6. The summed E-state index contributed by atoms with van der Waals surface area (Å²) in [6.07, 6.45) is 2.10. The number of esters is 1. The minimum Gasteiger partial charge on any atom is -0.595 e. The van der Waals surface area contributed by atoms with E-state index < -0.39 is 11.2 Å². The Balaban J connectivity index is 1.90. The molecule has 0 bridgehead atoms. The van der Waals surface area contributed by atoms with Gasteiger partial charge in [0.1, 0.15) is 5.78 Å². The van der Waals surface area contributed by atoms with E-state index in [4.69, 9.17) is 9.94 Å². The molecule has 1 fully saturated rings. The van der Waals surface area contributed by atoms with Gasteiger partial charge in [-0.3, -0.25) is 4.79 Å². The van der Waals surface area contributed by atoms with Gasteiger partial charge in [-0.25, -0.2) is 10.0 Å². The molecule has 6 heteroatoms. The van der Waals surface area contributed by atoms with Crippen LogP contribution in [0.25, 0.3) is 0 Å². The van der Waals surface area contributed by atoms with E-state index in [9.17, 15) is 14.8 Å². The number of quaternary nitrogens is 1. The van der Waals surface area contributed by atoms with Gasteiger partial charge in [-0.15, -0.1) is 0 Å². The Bertz CT molecular complexity index is 638. The lowest BCUT2D eigenvalue weighted by Gasteiger charge is -2.39. The number of carbonyl (C=O) groups excluding carboxylic acids is 2. The fourth-order valence-electron chi connectivity index (χ4n) is 3.58. The van der Waals surface area contributed by atoms with Crippen LogP contribution in [0.5, 0.6) is 0 Å². The van der Waals surface area contributed by atoms with E-state index >= 15 is 0 Å². The lowest BCUT2D eigenvalue weighted by atomic mass is 9.63. The topological polar surface area (TPSA) is 91.1 Å². The average Bonchev–Trinajstić information content (AvgIpc) is 2.78. The van der Waals surface area contributed by atoms with Crippen LogP contribution in [0, 0.1) is 22.0 Å². The van der Waals surface area contributed by atoms with Crippen LogP contribution in [-0.2, 0) is 9.53 Å². The summed E-state index contributed by atoms with van der Waals surface area (Å²) in [5, 5.41) is 18.6. The van der Waals surface area contributed by atoms with Crippen molar-refractivity contribution >= 4 is 17.4 Å². The quantitative estimate of drug-likeness (QED) is 0.608. The maximum atomic E-state index is 12.7. The lowest BCUT2D eigenvalue weighted by Crippen LogP contribution is -2.99. The molecule has 0 radical (unpaired) electrons. The van der Waals surface area contributed by atoms with Crippen molar-refractivity contribution in [2.24, 2.45) is 16.7 Å². The van der Waals surface area contributed by atoms with E-state index in [0.717, 1.165) is 12.8 Å². The van der Waals surface area contributed by atoms with Crippen LogP contribution < -0.4 is 5.23 Å². The number of Topliss-reactive ketones (excluding diaryl/α,β-unsaturated/α-hetero) is 1. The third-order valence-corrected chi connectivity index (χ3v) is 6.28. The largest absolute Gasteiger partial charge is 0.595 e. The summed E-state index contributed by atoms with van der Waals surface area (Å²) in [4.78, 5) is 24.7. The second kappa shape index (κ2) is 7.23. The summed E-state index contributed by atoms with van der Waals surface area (Å²) in [5.74, 6) is 0.0709. The van der Waals surface area contributed by atoms with Gasteiger partial charge in [0.25, 0.3) is 0 Å². The molecule has 1 aromatic rings. The molecule has 0 spiro atoms. The summed E-state index contributed by atoms with van der Waals surface area (Å²) >= 11 is 0. The van der Waals surface area contributed by atoms with E-state index in [0.29, 0.717) is 5.92 Å². The van der Waals surface area contributed by atoms with Gasteiger partial charge < -0.3 is 9.94 Å². The third-order valence-electron chi connectivity index (χ3n) is 6.28. The first-order valence-electron chi connectivity index (χ1n) is 8.63. The predicted molar refractivity (Wildman–Crippen MR) is 92.4 cm³/mol. The average molecular weight is 349 g/mol. The van der Waals surface area contributed by atoms with Crippen molar-refractivity contribution in [3.63, 3.8) is 0 Å². The molecule has 0 saturated heterocycles. The Morgan fingerprint density at radius 3 is 2.36 bits per heavy atom. The van der Waals surface area contributed by atoms with Crippen LogP contribution in [0.15, 0.2) is 24.3 Å². The fraction of sp³-hybridized carbons (Fsp3) is 0.579. The molecule has 0 heterocycles. The highest BCUT2D eigenvalue weighted by Crippen LogP contribution is 2.56. The first kappa shape index (κ1) is 19.6. The molecular weight excluding hydrogens is 322 g/mol. The second-order valence-corrected chi connectivity index (χ2v) is 7.69. The van der Waals surface area contributed by atoms with Crippen molar-refractivity contribution in [1.82, 2.24) is 0 Å². The van der Waals surface area contributed by atoms with Gasteiger partial charge in [0.2, 0.25) is 0 Å². The number of ether oxygens (including phenoxy) is 1. The summed E-state index contributed by atoms with van der Waals surface area (Å²) in [5.41, 5.74) is -0.0707. The number of nitrogens with one attached hydrogen (secondary N) is 1. The Morgan fingerprint density at radius 1 is 1.28 bits per heavy atom. The van der Waals surface area contributed by atoms with Crippen LogP contribution in [0.2, 0.25) is 0 Å². The zero-order valence-electron chi connectivity index (χ0n) is 15.3. The molecule has 3 atom stereocenters. The molecule has 1 saturated carbocycles. The van der Waals surface area contributed by atoms with Gasteiger partial charge in [0, 0.05) is 24.0 Å². The molecule has 25 heavy (non-hydrogen) atoms. The van der Waals surface area contributed by atoms with E-state index in [2.05, 4.69) is 20.8 Å². The normalized spacial score (nSPS) is 26.2. The predicted octanol–water partition coefficient (Wildman–Crippen LogP) is 2.67. The summed E-state index contributed by atoms with van der Waals surface area (Å²) in [6.45, 7) is 8.51. The van der Waals surface area contributed by atoms with Gasteiger partial charge in [0.05, 0.1) is 12.2 Å². The maximum absolute atomic E-state index is 12.7. The van der Waals surface area contributed by atoms with Crippen molar-refractivity contribution in [1.29, 1.82) is 0 Å². The second-order valence-electron chi connectivity index (χ2n) is 7.69. The van der Waals surface area contributed by atoms with Crippen molar-refractivity contribution in [3.05, 3.63) is 35.0 Å². The molecule has 138 valence electrons. The molecule has 2 rings (SSSR count). The van der Waals surface area contributed by atoms with Crippen molar-refractivity contribution in [3.8, 4) is 0 Å². The smallest absolute Gasteiger partial charge is 0.338 e. The SMILES string of the molecule is C[C@H]1CC[C@@](C)(C(=O)CCOC(=O)c2ccc([NH+]([O-])O)cc2)C1(C)C. The maximum Gasteiger partial charge on any atom is 0.338 e. The molecule has 1 aliphatic rings. The Hall–Kier alpha value is -1.76. The minimum absolute atomic E-state index is 0.0401. The number of benzene rings is 1. The van der Waals surface area contributed by atoms with Crippen molar-refractivity contribution in [2.75, 3.05) is 6.61 Å². The zero-order chi connectivity index (χ0) is 18.8. The van der Waals surface area contributed by atoms with Crippen LogP contribution in [0.4, 0.5) is 5.69 Å². The Kier molecular flexibility index (Phi) is 5.66. The fourth-order valence-corrected chi connectivity index (χ4v) is 3.58. The number of hydrogen-bond acceptors (Lipinski definition) is 5. The monoisotopic (exact) mass is 349 g/mol. The molecule has 0 aromatic heterocycles. The molecule has 1 aliphatic carbocycles. The third kappa shape index (κ3) is 3.76. The Morgan fingerprint density at radius 2 is 1.88 bits per heavy atom. The molecular formula is C19H27NO5. The molecule has 6 nitrogen and oxygen atoms in total. The summed E-state index contributed by atoms with van der Waals surface area (Å²) in [6, 6.07) is 5.54. The molecule has 2 N–H and O–H groups in total. The Labute approximate surface area is 148 Å².